The summed E-state index contributed by atoms with van der Waals surface area (Å²) in [5.74, 6) is 0. The predicted octanol–water partition coefficient (Wildman–Crippen LogP) is 9.57. The highest BCUT2D eigenvalue weighted by atomic mass is 15.1. The maximum absolute atomic E-state index is 2.44. The Hall–Kier alpha value is -5.08. The van der Waals surface area contributed by atoms with Gasteiger partial charge in [0.05, 0.1) is 5.41 Å². The van der Waals surface area contributed by atoms with Crippen molar-refractivity contribution in [2.75, 3.05) is 23.9 Å². The molecule has 41 heavy (non-hydrogen) atoms. The molecule has 0 aliphatic carbocycles. The molecule has 6 aromatic rings. The molecule has 0 N–H and O–H groups in total. The first kappa shape index (κ1) is 23.8. The van der Waals surface area contributed by atoms with Crippen LogP contribution in [0.25, 0.3) is 22.3 Å². The van der Waals surface area contributed by atoms with Crippen LogP contribution in [-0.2, 0) is 5.41 Å². The predicted molar refractivity (Wildman–Crippen MR) is 172 cm³/mol. The van der Waals surface area contributed by atoms with Gasteiger partial charge in [-0.2, -0.15) is 0 Å². The Kier molecular flexibility index (Phi) is 5.20. The van der Waals surface area contributed by atoms with Crippen LogP contribution in [0.15, 0.2) is 146 Å². The number of para-hydroxylation sites is 2. The van der Waals surface area contributed by atoms with Crippen LogP contribution in [0.3, 0.4) is 0 Å². The van der Waals surface area contributed by atoms with E-state index in [-0.39, 0.29) is 0 Å². The van der Waals surface area contributed by atoms with E-state index in [0.29, 0.717) is 0 Å². The molecule has 0 saturated carbocycles. The van der Waals surface area contributed by atoms with Crippen LogP contribution in [0.5, 0.6) is 0 Å². The van der Waals surface area contributed by atoms with Gasteiger partial charge in [0.1, 0.15) is 0 Å². The Morgan fingerprint density at radius 3 is 1.15 bits per heavy atom. The second kappa shape index (κ2) is 8.97. The molecule has 1 spiro atoms. The van der Waals surface area contributed by atoms with Crippen molar-refractivity contribution >= 4 is 22.7 Å². The minimum absolute atomic E-state index is 0.494. The van der Waals surface area contributed by atoms with Gasteiger partial charge in [-0.15, -0.1) is 0 Å². The molecule has 2 nitrogen and oxygen atoms in total. The van der Waals surface area contributed by atoms with Gasteiger partial charge >= 0.3 is 0 Å². The molecule has 0 saturated heterocycles. The summed E-state index contributed by atoms with van der Waals surface area (Å²) < 4.78 is 0. The molecule has 0 aromatic heterocycles. The zero-order valence-corrected chi connectivity index (χ0v) is 23.3. The van der Waals surface area contributed by atoms with E-state index < -0.39 is 5.41 Å². The monoisotopic (exact) mass is 526 g/mol. The Morgan fingerprint density at radius 2 is 0.707 bits per heavy atom. The molecule has 0 radical (unpaired) electrons. The molecule has 0 atom stereocenters. The molecule has 2 aliphatic heterocycles. The van der Waals surface area contributed by atoms with Crippen LogP contribution in [0.2, 0.25) is 0 Å². The Morgan fingerprint density at radius 1 is 0.341 bits per heavy atom. The van der Waals surface area contributed by atoms with E-state index in [0.717, 1.165) is 0 Å². The summed E-state index contributed by atoms with van der Waals surface area (Å²) in [5.41, 5.74) is 14.6. The van der Waals surface area contributed by atoms with Gasteiger partial charge in [0.2, 0.25) is 0 Å². The van der Waals surface area contributed by atoms with Crippen molar-refractivity contribution in [2.45, 2.75) is 5.41 Å². The smallest absolute Gasteiger partial charge is 0.0782 e. The van der Waals surface area contributed by atoms with E-state index in [1.165, 1.54) is 67.3 Å². The molecule has 0 bridgehead atoms. The van der Waals surface area contributed by atoms with Crippen LogP contribution in [0.4, 0.5) is 22.7 Å². The number of benzene rings is 6. The molecule has 2 heterocycles. The van der Waals surface area contributed by atoms with Gasteiger partial charge in [-0.05, 0) is 80.9 Å². The zero-order chi connectivity index (χ0) is 27.6. The van der Waals surface area contributed by atoms with Gasteiger partial charge in [0.25, 0.3) is 0 Å². The van der Waals surface area contributed by atoms with E-state index in [1.807, 2.05) is 0 Å². The van der Waals surface area contributed by atoms with Gasteiger partial charge in [0, 0.05) is 36.8 Å². The normalized spacial score (nSPS) is 14.2. The number of hydrogen-bond acceptors (Lipinski definition) is 2. The fourth-order valence-electron chi connectivity index (χ4n) is 7.17. The standard InChI is InChI=1S/C39H30N2/c1-40-35-19-11-9-17-31(35)39(33-25-29(21-23-37(33)40)27-13-5-3-6-14-27)32-18-10-12-20-36(32)41(2)38-24-22-30(26-34(38)39)28-15-7-4-8-16-28/h3-26H,1-2H3. The lowest BCUT2D eigenvalue weighted by Crippen LogP contribution is -2.42. The average Bonchev–Trinajstić information content (AvgIpc) is 3.05. The highest BCUT2D eigenvalue weighted by Gasteiger charge is 2.50. The Bertz CT molecular complexity index is 1780. The highest BCUT2D eigenvalue weighted by Crippen LogP contribution is 2.62. The zero-order valence-electron chi connectivity index (χ0n) is 23.3. The lowest BCUT2D eigenvalue weighted by molar-refractivity contribution is 0.712. The maximum Gasteiger partial charge on any atom is 0.0782 e. The summed E-state index contributed by atoms with van der Waals surface area (Å²) in [4.78, 5) is 4.73. The van der Waals surface area contributed by atoms with Gasteiger partial charge in [-0.3, -0.25) is 0 Å². The maximum atomic E-state index is 2.44. The number of hydrogen-bond donors (Lipinski definition) is 0. The quantitative estimate of drug-likeness (QED) is 0.222. The van der Waals surface area contributed by atoms with Crippen molar-refractivity contribution in [1.82, 2.24) is 0 Å². The topological polar surface area (TPSA) is 6.48 Å². The lowest BCUT2D eigenvalue weighted by Gasteiger charge is -2.50. The Balaban J connectivity index is 1.54. The first-order valence-corrected chi connectivity index (χ1v) is 14.2. The summed E-state index contributed by atoms with van der Waals surface area (Å²) in [6, 6.07) is 53.5. The third-order valence-electron chi connectivity index (χ3n) is 9.08. The van der Waals surface area contributed by atoms with E-state index in [2.05, 4.69) is 169 Å². The van der Waals surface area contributed by atoms with Crippen molar-refractivity contribution in [2.24, 2.45) is 0 Å². The fourth-order valence-corrected chi connectivity index (χ4v) is 7.17. The van der Waals surface area contributed by atoms with Crippen molar-refractivity contribution in [1.29, 1.82) is 0 Å². The third-order valence-corrected chi connectivity index (χ3v) is 9.08. The minimum Gasteiger partial charge on any atom is -0.344 e. The van der Waals surface area contributed by atoms with Crippen LogP contribution >= 0.6 is 0 Å². The lowest BCUT2D eigenvalue weighted by atomic mass is 9.59. The van der Waals surface area contributed by atoms with Crippen molar-refractivity contribution in [3.8, 4) is 22.3 Å². The minimum atomic E-state index is -0.494. The summed E-state index contributed by atoms with van der Waals surface area (Å²) >= 11 is 0. The van der Waals surface area contributed by atoms with Crippen molar-refractivity contribution in [3.63, 3.8) is 0 Å². The van der Waals surface area contributed by atoms with Crippen LogP contribution < -0.4 is 9.80 Å². The van der Waals surface area contributed by atoms with Gasteiger partial charge in [0.15, 0.2) is 0 Å². The van der Waals surface area contributed by atoms with E-state index in [9.17, 15) is 0 Å². The second-order valence-corrected chi connectivity index (χ2v) is 11.1. The highest BCUT2D eigenvalue weighted by molar-refractivity contribution is 5.93. The van der Waals surface area contributed by atoms with E-state index in [4.69, 9.17) is 0 Å². The van der Waals surface area contributed by atoms with Gasteiger partial charge in [-0.25, -0.2) is 0 Å². The summed E-state index contributed by atoms with van der Waals surface area (Å²) in [7, 11) is 4.41. The molecule has 0 unspecified atom stereocenters. The van der Waals surface area contributed by atoms with Gasteiger partial charge < -0.3 is 9.80 Å². The van der Waals surface area contributed by atoms with Crippen LogP contribution in [0.1, 0.15) is 22.3 Å². The molecular weight excluding hydrogens is 496 g/mol. The molecule has 2 aliphatic rings. The third kappa shape index (κ3) is 3.31. The molecule has 8 rings (SSSR count). The van der Waals surface area contributed by atoms with Crippen LogP contribution in [0, 0.1) is 0 Å². The molecular formula is C39H30N2. The van der Waals surface area contributed by atoms with Crippen LogP contribution in [-0.4, -0.2) is 14.1 Å². The number of rotatable bonds is 2. The average molecular weight is 527 g/mol. The van der Waals surface area contributed by atoms with Crippen molar-refractivity contribution in [3.05, 3.63) is 168 Å². The fraction of sp³-hybridized carbons (Fsp3) is 0.0769. The summed E-state index contributed by atoms with van der Waals surface area (Å²) in [6.07, 6.45) is 0. The largest absolute Gasteiger partial charge is 0.344 e. The first-order valence-electron chi connectivity index (χ1n) is 14.2. The first-order chi connectivity index (χ1) is 20.2. The SMILES string of the molecule is CN1c2ccccc2C2(c3ccccc3N(C)c3ccc(-c4ccccc4)cc32)c2cc(-c3ccccc3)ccc21. The molecule has 196 valence electrons. The molecule has 2 heteroatoms. The summed E-state index contributed by atoms with van der Waals surface area (Å²) in [6.45, 7) is 0. The second-order valence-electron chi connectivity index (χ2n) is 11.1. The van der Waals surface area contributed by atoms with E-state index >= 15 is 0 Å². The Labute approximate surface area is 241 Å². The molecule has 6 aromatic carbocycles. The van der Waals surface area contributed by atoms with Gasteiger partial charge in [-0.1, -0.05) is 109 Å². The molecule has 0 amide bonds. The molecule has 0 fully saturated rings. The number of fused-ring (bicyclic) bond motifs is 8. The number of anilines is 4. The van der Waals surface area contributed by atoms with Crippen molar-refractivity contribution < 1.29 is 0 Å². The summed E-state index contributed by atoms with van der Waals surface area (Å²) in [5, 5.41) is 0. The van der Waals surface area contributed by atoms with E-state index in [1.54, 1.807) is 0 Å². The number of nitrogens with zero attached hydrogens (tertiary/aromatic N) is 2.